The van der Waals surface area contributed by atoms with Gasteiger partial charge in [-0.25, -0.2) is 4.79 Å². The molecular formula is C30H44N4O3. The molecule has 1 aromatic carbocycles. The monoisotopic (exact) mass is 508 g/mol. The topological polar surface area (TPSA) is 76.9 Å². The number of ketones is 1. The molecule has 0 N–H and O–H groups in total. The summed E-state index contributed by atoms with van der Waals surface area (Å²) in [5, 5.41) is 9.91. The van der Waals surface area contributed by atoms with Crippen LogP contribution in [0, 0.1) is 23.2 Å². The molecule has 3 saturated heterocycles. The Kier molecular flexibility index (Phi) is 8.79. The van der Waals surface area contributed by atoms with E-state index in [4.69, 9.17) is 4.74 Å². The minimum atomic E-state index is -0.615. The zero-order valence-corrected chi connectivity index (χ0v) is 23.1. The van der Waals surface area contributed by atoms with Crippen molar-refractivity contribution in [2.75, 3.05) is 37.6 Å². The maximum Gasteiger partial charge on any atom is 0.410 e. The van der Waals surface area contributed by atoms with E-state index in [2.05, 4.69) is 47.1 Å². The Morgan fingerprint density at radius 3 is 2.49 bits per heavy atom. The molecule has 0 bridgehead atoms. The Bertz CT molecular complexity index is 980. The molecule has 7 nitrogen and oxygen atoms in total. The van der Waals surface area contributed by atoms with Crippen LogP contribution in [0.4, 0.5) is 10.5 Å². The van der Waals surface area contributed by atoms with Gasteiger partial charge in [-0.3, -0.25) is 14.6 Å². The molecule has 37 heavy (non-hydrogen) atoms. The van der Waals surface area contributed by atoms with Crippen LogP contribution in [0.15, 0.2) is 24.3 Å². The fourth-order valence-corrected chi connectivity index (χ4v) is 6.34. The van der Waals surface area contributed by atoms with E-state index in [-0.39, 0.29) is 18.1 Å². The number of likely N-dealkylation sites (tertiary alicyclic amines) is 1. The zero-order valence-electron chi connectivity index (χ0n) is 23.1. The summed E-state index contributed by atoms with van der Waals surface area (Å²) in [6, 6.07) is 11.1. The highest BCUT2D eigenvalue weighted by Crippen LogP contribution is 2.31. The molecule has 3 heterocycles. The van der Waals surface area contributed by atoms with Crippen molar-refractivity contribution in [1.82, 2.24) is 9.80 Å². The summed E-state index contributed by atoms with van der Waals surface area (Å²) < 4.78 is 5.62. The van der Waals surface area contributed by atoms with Gasteiger partial charge < -0.3 is 9.64 Å². The molecule has 202 valence electrons. The van der Waals surface area contributed by atoms with Gasteiger partial charge >= 0.3 is 6.09 Å². The molecule has 4 atom stereocenters. The first-order valence-electron chi connectivity index (χ1n) is 14.2. The maximum atomic E-state index is 13.5. The van der Waals surface area contributed by atoms with Crippen LogP contribution in [0.2, 0.25) is 0 Å². The number of hydrogen-bond acceptors (Lipinski definition) is 6. The van der Waals surface area contributed by atoms with Gasteiger partial charge in [0.15, 0.2) is 5.78 Å². The Labute approximate surface area is 222 Å². The Balaban J connectivity index is 1.38. The summed E-state index contributed by atoms with van der Waals surface area (Å²) in [7, 11) is 0. The van der Waals surface area contributed by atoms with E-state index in [9.17, 15) is 14.9 Å². The third-order valence-corrected chi connectivity index (χ3v) is 8.24. The number of benzene rings is 1. The van der Waals surface area contributed by atoms with Crippen LogP contribution in [0.3, 0.4) is 0 Å². The van der Waals surface area contributed by atoms with Crippen molar-refractivity contribution >= 4 is 17.6 Å². The Hall–Kier alpha value is -2.59. The first-order chi connectivity index (χ1) is 17.7. The molecule has 1 aromatic rings. The standard InChI is InChI=1S/C30H44N4O3/c1-5-24-8-6-15-34(29(36)37-30(2,3)4)28(24)27(35)19-23(20-31)18-22-10-12-25(13-11-22)33-17-16-32-14-7-9-26(32)21-33/h10-13,23-24,26,28H,5-9,14-19,21H2,1-4H3/t23-,24-,26?,28+/m1/s1. The van der Waals surface area contributed by atoms with Gasteiger partial charge in [0, 0.05) is 44.3 Å². The number of rotatable bonds is 7. The van der Waals surface area contributed by atoms with Crippen LogP contribution < -0.4 is 4.90 Å². The average Bonchev–Trinajstić information content (AvgIpc) is 3.35. The van der Waals surface area contributed by atoms with Gasteiger partial charge in [0.25, 0.3) is 0 Å². The van der Waals surface area contributed by atoms with Crippen LogP contribution in [0.1, 0.15) is 71.8 Å². The molecule has 1 unspecified atom stereocenters. The maximum absolute atomic E-state index is 13.5. The van der Waals surface area contributed by atoms with Crippen molar-refractivity contribution in [3.8, 4) is 6.07 Å². The smallest absolute Gasteiger partial charge is 0.410 e. The molecular weight excluding hydrogens is 464 g/mol. The third-order valence-electron chi connectivity index (χ3n) is 8.24. The summed E-state index contributed by atoms with van der Waals surface area (Å²) in [4.78, 5) is 33.2. The zero-order chi connectivity index (χ0) is 26.6. The second-order valence-electron chi connectivity index (χ2n) is 12.1. The fourth-order valence-electron chi connectivity index (χ4n) is 6.34. The molecule has 0 saturated carbocycles. The van der Waals surface area contributed by atoms with Crippen molar-refractivity contribution < 1.29 is 14.3 Å². The summed E-state index contributed by atoms with van der Waals surface area (Å²) in [5.74, 6) is -0.331. The largest absolute Gasteiger partial charge is 0.444 e. The van der Waals surface area contributed by atoms with Crippen molar-refractivity contribution in [2.45, 2.75) is 90.3 Å². The quantitative estimate of drug-likeness (QED) is 0.514. The van der Waals surface area contributed by atoms with Gasteiger partial charge in [-0.2, -0.15) is 5.26 Å². The molecule has 3 fully saturated rings. The van der Waals surface area contributed by atoms with Crippen molar-refractivity contribution in [2.24, 2.45) is 11.8 Å². The van der Waals surface area contributed by atoms with Crippen molar-refractivity contribution in [1.29, 1.82) is 5.26 Å². The van der Waals surface area contributed by atoms with E-state index >= 15 is 0 Å². The Morgan fingerprint density at radius 2 is 1.81 bits per heavy atom. The summed E-state index contributed by atoms with van der Waals surface area (Å²) in [5.41, 5.74) is 1.69. The molecule has 3 aliphatic rings. The normalized spacial score (nSPS) is 25.3. The molecule has 0 aliphatic carbocycles. The number of anilines is 1. The highest BCUT2D eigenvalue weighted by atomic mass is 16.6. The van der Waals surface area contributed by atoms with E-state index in [0.29, 0.717) is 19.0 Å². The van der Waals surface area contributed by atoms with Gasteiger partial charge in [0.05, 0.1) is 18.0 Å². The number of carbonyl (C=O) groups excluding carboxylic acids is 2. The van der Waals surface area contributed by atoms with Crippen LogP contribution in [-0.2, 0) is 16.0 Å². The van der Waals surface area contributed by atoms with E-state index < -0.39 is 23.7 Å². The predicted octanol–water partition coefficient (Wildman–Crippen LogP) is 5.04. The van der Waals surface area contributed by atoms with Gasteiger partial charge in [-0.05, 0) is 83.0 Å². The van der Waals surface area contributed by atoms with E-state index in [1.165, 1.54) is 25.1 Å². The predicted molar refractivity (Wildman–Crippen MR) is 145 cm³/mol. The van der Waals surface area contributed by atoms with Gasteiger partial charge in [-0.1, -0.05) is 25.5 Å². The number of amides is 1. The minimum absolute atomic E-state index is 0.0185. The third kappa shape index (κ3) is 6.84. The number of fused-ring (bicyclic) bond motifs is 1. The fraction of sp³-hybridized carbons (Fsp3) is 0.700. The summed E-state index contributed by atoms with van der Waals surface area (Å²) in [6.07, 6.45) is 5.47. The van der Waals surface area contributed by atoms with Crippen LogP contribution >= 0.6 is 0 Å². The van der Waals surface area contributed by atoms with Crippen molar-refractivity contribution in [3.63, 3.8) is 0 Å². The second-order valence-corrected chi connectivity index (χ2v) is 12.1. The lowest BCUT2D eigenvalue weighted by molar-refractivity contribution is -0.128. The second kappa shape index (κ2) is 11.9. The van der Waals surface area contributed by atoms with Gasteiger partial charge in [0.2, 0.25) is 0 Å². The molecule has 0 aromatic heterocycles. The minimum Gasteiger partial charge on any atom is -0.444 e. The molecule has 0 spiro atoms. The summed E-state index contributed by atoms with van der Waals surface area (Å²) >= 11 is 0. The highest BCUT2D eigenvalue weighted by molar-refractivity contribution is 5.88. The number of ether oxygens (including phenoxy) is 1. The van der Waals surface area contributed by atoms with E-state index in [0.717, 1.165) is 44.5 Å². The lowest BCUT2D eigenvalue weighted by Gasteiger charge is -2.40. The SMILES string of the molecule is CC[C@@H]1CCCN(C(=O)OC(C)(C)C)[C@@H]1C(=O)C[C@H](C#N)Cc1ccc(N2CCN3CCCC3C2)cc1. The number of nitriles is 1. The van der Waals surface area contributed by atoms with Crippen LogP contribution in [0.5, 0.6) is 0 Å². The number of nitrogens with zero attached hydrogens (tertiary/aromatic N) is 4. The first kappa shape index (κ1) is 27.4. The van der Waals surface area contributed by atoms with E-state index in [1.54, 1.807) is 4.90 Å². The number of piperidine rings is 1. The molecule has 0 radical (unpaired) electrons. The summed E-state index contributed by atoms with van der Waals surface area (Å²) in [6.45, 7) is 12.6. The van der Waals surface area contributed by atoms with Crippen LogP contribution in [0.25, 0.3) is 0 Å². The average molecular weight is 509 g/mol. The Morgan fingerprint density at radius 1 is 1.08 bits per heavy atom. The number of carbonyl (C=O) groups is 2. The van der Waals surface area contributed by atoms with Gasteiger partial charge in [0.1, 0.15) is 5.60 Å². The molecule has 3 aliphatic heterocycles. The number of piperazine rings is 1. The highest BCUT2D eigenvalue weighted by Gasteiger charge is 2.40. The van der Waals surface area contributed by atoms with E-state index in [1.807, 2.05) is 20.8 Å². The molecule has 7 heteroatoms. The van der Waals surface area contributed by atoms with Crippen LogP contribution in [-0.4, -0.2) is 72.1 Å². The molecule has 4 rings (SSSR count). The van der Waals surface area contributed by atoms with Crippen molar-refractivity contribution in [3.05, 3.63) is 29.8 Å². The number of hydrogen-bond donors (Lipinski definition) is 0. The van der Waals surface area contributed by atoms with Gasteiger partial charge in [-0.15, -0.1) is 0 Å². The lowest BCUT2D eigenvalue weighted by atomic mass is 9.82. The first-order valence-corrected chi connectivity index (χ1v) is 14.2. The number of Topliss-reactive ketones (excluding diaryl/α,β-unsaturated/α-hetero) is 1. The lowest BCUT2D eigenvalue weighted by Crippen LogP contribution is -2.54. The molecule has 1 amide bonds.